The number of ketones is 1. The molecule has 3 rings (SSSR count). The van der Waals surface area contributed by atoms with Crippen molar-refractivity contribution in [1.29, 1.82) is 0 Å². The van der Waals surface area contributed by atoms with Gasteiger partial charge in [0, 0.05) is 36.0 Å². The number of carbonyl (C=O) groups is 1. The van der Waals surface area contributed by atoms with Crippen LogP contribution in [0.4, 0.5) is 10.1 Å². The number of anilines is 1. The largest absolute Gasteiger partial charge is 0.473 e. The zero-order valence-electron chi connectivity index (χ0n) is 18.7. The molecule has 0 radical (unpaired) electrons. The Hall–Kier alpha value is -3.33. The van der Waals surface area contributed by atoms with Gasteiger partial charge in [0.15, 0.2) is 0 Å². The Morgan fingerprint density at radius 3 is 2.55 bits per heavy atom. The lowest BCUT2D eigenvalue weighted by Crippen LogP contribution is -2.13. The summed E-state index contributed by atoms with van der Waals surface area (Å²) in [6.45, 7) is 3.91. The number of Topliss-reactive ketones (excluding diaryl/α,β-unsaturated/α-hetero) is 1. The van der Waals surface area contributed by atoms with Crippen molar-refractivity contribution in [3.05, 3.63) is 83.1 Å². The SMILES string of the molecule is Cc1ccc(CCC(=O)C(C)c2ccc(NS(C)(=O)=O)c(F)c2)c(OCc2ccncc2)n1. The van der Waals surface area contributed by atoms with Gasteiger partial charge in [-0.05, 0) is 54.8 Å². The third-order valence-electron chi connectivity index (χ3n) is 5.12. The number of pyridine rings is 2. The Balaban J connectivity index is 1.66. The van der Waals surface area contributed by atoms with E-state index in [-0.39, 0.29) is 17.9 Å². The molecule has 7 nitrogen and oxygen atoms in total. The fraction of sp³-hybridized carbons (Fsp3) is 0.292. The maximum Gasteiger partial charge on any atom is 0.229 e. The number of aromatic nitrogens is 2. The van der Waals surface area contributed by atoms with Gasteiger partial charge in [-0.2, -0.15) is 0 Å². The molecule has 3 aromatic rings. The van der Waals surface area contributed by atoms with Gasteiger partial charge in [0.2, 0.25) is 15.9 Å². The van der Waals surface area contributed by atoms with Crippen molar-refractivity contribution in [1.82, 2.24) is 9.97 Å². The van der Waals surface area contributed by atoms with Crippen LogP contribution in [0.3, 0.4) is 0 Å². The fourth-order valence-corrected chi connectivity index (χ4v) is 3.82. The molecule has 1 aromatic carbocycles. The zero-order chi connectivity index (χ0) is 24.0. The van der Waals surface area contributed by atoms with Gasteiger partial charge in [-0.15, -0.1) is 0 Å². The van der Waals surface area contributed by atoms with Crippen LogP contribution in [0.5, 0.6) is 5.88 Å². The highest BCUT2D eigenvalue weighted by atomic mass is 32.2. The number of hydrogen-bond donors (Lipinski definition) is 1. The molecule has 1 atom stereocenters. The molecule has 0 saturated carbocycles. The third kappa shape index (κ3) is 7.08. The van der Waals surface area contributed by atoms with E-state index < -0.39 is 21.8 Å². The monoisotopic (exact) mass is 471 g/mol. The maximum atomic E-state index is 14.3. The lowest BCUT2D eigenvalue weighted by molar-refractivity contribution is -0.120. The summed E-state index contributed by atoms with van der Waals surface area (Å²) in [6, 6.07) is 11.5. The minimum atomic E-state index is -3.60. The highest BCUT2D eigenvalue weighted by Gasteiger charge is 2.19. The molecule has 1 unspecified atom stereocenters. The number of benzene rings is 1. The average molecular weight is 472 g/mol. The van der Waals surface area contributed by atoms with Gasteiger partial charge in [-0.1, -0.05) is 19.1 Å². The summed E-state index contributed by atoms with van der Waals surface area (Å²) in [5.41, 5.74) is 2.91. The van der Waals surface area contributed by atoms with Gasteiger partial charge in [-0.25, -0.2) is 17.8 Å². The predicted octanol–water partition coefficient (Wildman–Crippen LogP) is 4.18. The normalized spacial score (nSPS) is 12.2. The van der Waals surface area contributed by atoms with Crippen molar-refractivity contribution >= 4 is 21.5 Å². The Bertz CT molecular complexity index is 1230. The number of carbonyl (C=O) groups excluding carboxylic acids is 1. The molecule has 0 bridgehead atoms. The Labute approximate surface area is 193 Å². The second-order valence-electron chi connectivity index (χ2n) is 7.86. The minimum Gasteiger partial charge on any atom is -0.473 e. The number of aryl methyl sites for hydroxylation is 2. The first-order valence-corrected chi connectivity index (χ1v) is 12.3. The van der Waals surface area contributed by atoms with Crippen molar-refractivity contribution in [2.24, 2.45) is 0 Å². The molecule has 0 aliphatic rings. The smallest absolute Gasteiger partial charge is 0.229 e. The highest BCUT2D eigenvalue weighted by molar-refractivity contribution is 7.92. The molecule has 0 fully saturated rings. The molecule has 33 heavy (non-hydrogen) atoms. The molecule has 1 N–H and O–H groups in total. The first kappa shape index (κ1) is 24.3. The minimum absolute atomic E-state index is 0.0705. The number of ether oxygens (including phenoxy) is 1. The topological polar surface area (TPSA) is 98.2 Å². The fourth-order valence-electron chi connectivity index (χ4n) is 3.25. The summed E-state index contributed by atoms with van der Waals surface area (Å²) < 4.78 is 45.0. The summed E-state index contributed by atoms with van der Waals surface area (Å²) in [4.78, 5) is 21.2. The van der Waals surface area contributed by atoms with E-state index in [4.69, 9.17) is 4.74 Å². The van der Waals surface area contributed by atoms with Crippen molar-refractivity contribution in [3.63, 3.8) is 0 Å². The molecule has 0 amide bonds. The Morgan fingerprint density at radius 2 is 1.88 bits per heavy atom. The number of rotatable bonds is 10. The molecule has 2 aromatic heterocycles. The summed E-state index contributed by atoms with van der Waals surface area (Å²) >= 11 is 0. The lowest BCUT2D eigenvalue weighted by atomic mass is 9.93. The highest BCUT2D eigenvalue weighted by Crippen LogP contribution is 2.25. The van der Waals surface area contributed by atoms with E-state index in [0.717, 1.165) is 23.1 Å². The van der Waals surface area contributed by atoms with Gasteiger partial charge in [-0.3, -0.25) is 14.5 Å². The quantitative estimate of drug-likeness (QED) is 0.476. The van der Waals surface area contributed by atoms with Crippen LogP contribution in [0.2, 0.25) is 0 Å². The van der Waals surface area contributed by atoms with Crippen LogP contribution in [0.15, 0.2) is 54.9 Å². The first-order chi connectivity index (χ1) is 15.6. The number of sulfonamides is 1. The van der Waals surface area contributed by atoms with E-state index in [2.05, 4.69) is 14.7 Å². The molecule has 9 heteroatoms. The van der Waals surface area contributed by atoms with Crippen LogP contribution in [-0.2, 0) is 27.8 Å². The summed E-state index contributed by atoms with van der Waals surface area (Å²) in [5.74, 6) is -0.869. The Morgan fingerprint density at radius 1 is 1.15 bits per heavy atom. The molecule has 0 aliphatic heterocycles. The number of nitrogens with one attached hydrogen (secondary N) is 1. The molecule has 174 valence electrons. The van der Waals surface area contributed by atoms with E-state index in [1.165, 1.54) is 12.1 Å². The van der Waals surface area contributed by atoms with Crippen LogP contribution >= 0.6 is 0 Å². The number of halogens is 1. The van der Waals surface area contributed by atoms with Crippen LogP contribution in [-0.4, -0.2) is 30.4 Å². The first-order valence-electron chi connectivity index (χ1n) is 10.4. The van der Waals surface area contributed by atoms with Crippen LogP contribution in [0, 0.1) is 12.7 Å². The van der Waals surface area contributed by atoms with Crippen LogP contribution in [0.1, 0.15) is 41.6 Å². The van der Waals surface area contributed by atoms with Crippen molar-refractivity contribution in [2.45, 2.75) is 39.2 Å². The Kier molecular flexibility index (Phi) is 7.75. The third-order valence-corrected chi connectivity index (χ3v) is 5.71. The predicted molar refractivity (Wildman–Crippen MR) is 124 cm³/mol. The summed E-state index contributed by atoms with van der Waals surface area (Å²) in [6.07, 6.45) is 4.98. The molecular formula is C24H26FN3O4S. The van der Waals surface area contributed by atoms with E-state index in [1.54, 1.807) is 25.4 Å². The van der Waals surface area contributed by atoms with Crippen molar-refractivity contribution in [2.75, 3.05) is 11.0 Å². The van der Waals surface area contributed by atoms with Crippen molar-refractivity contribution < 1.29 is 22.3 Å². The summed E-state index contributed by atoms with van der Waals surface area (Å²) in [5, 5.41) is 0. The van der Waals surface area contributed by atoms with Gasteiger partial charge in [0.1, 0.15) is 18.2 Å². The van der Waals surface area contributed by atoms with Gasteiger partial charge in [0.05, 0.1) is 11.9 Å². The maximum absolute atomic E-state index is 14.3. The lowest BCUT2D eigenvalue weighted by Gasteiger charge is -2.14. The second-order valence-corrected chi connectivity index (χ2v) is 9.61. The zero-order valence-corrected chi connectivity index (χ0v) is 19.5. The average Bonchev–Trinajstić information content (AvgIpc) is 2.77. The van der Waals surface area contributed by atoms with Gasteiger partial charge < -0.3 is 4.74 Å². The molecule has 2 heterocycles. The van der Waals surface area contributed by atoms with Crippen LogP contribution in [0.25, 0.3) is 0 Å². The van der Waals surface area contributed by atoms with E-state index in [0.29, 0.717) is 24.5 Å². The molecular weight excluding hydrogens is 445 g/mol. The summed E-state index contributed by atoms with van der Waals surface area (Å²) in [7, 11) is -3.60. The second kappa shape index (κ2) is 10.5. The molecule has 0 aliphatic carbocycles. The number of hydrogen-bond acceptors (Lipinski definition) is 6. The molecule has 0 saturated heterocycles. The van der Waals surface area contributed by atoms with Crippen molar-refractivity contribution in [3.8, 4) is 5.88 Å². The van der Waals surface area contributed by atoms with E-state index >= 15 is 0 Å². The van der Waals surface area contributed by atoms with E-state index in [9.17, 15) is 17.6 Å². The van der Waals surface area contributed by atoms with Crippen LogP contribution < -0.4 is 9.46 Å². The molecule has 0 spiro atoms. The standard InChI is InChI=1S/C24H26FN3O4S/c1-16-4-5-19(24(27-16)32-15-18-10-12-26-13-11-18)7-9-23(29)17(2)20-6-8-22(21(25)14-20)28-33(3,30)31/h4-6,8,10-14,17,28H,7,9,15H2,1-3H3. The van der Waals surface area contributed by atoms with E-state index in [1.807, 2.05) is 31.2 Å². The van der Waals surface area contributed by atoms with Gasteiger partial charge >= 0.3 is 0 Å². The van der Waals surface area contributed by atoms with Gasteiger partial charge in [0.25, 0.3) is 0 Å². The number of nitrogens with zero attached hydrogens (tertiary/aromatic N) is 2.